The minimum absolute atomic E-state index is 0.195. The summed E-state index contributed by atoms with van der Waals surface area (Å²) >= 11 is 0. The van der Waals surface area contributed by atoms with Crippen molar-refractivity contribution in [2.75, 3.05) is 13.2 Å². The summed E-state index contributed by atoms with van der Waals surface area (Å²) in [5.41, 5.74) is 0. The van der Waals surface area contributed by atoms with E-state index in [2.05, 4.69) is 0 Å². The summed E-state index contributed by atoms with van der Waals surface area (Å²) in [6.45, 7) is 2.69. The van der Waals surface area contributed by atoms with Crippen LogP contribution in [-0.4, -0.2) is 13.2 Å². The lowest BCUT2D eigenvalue weighted by molar-refractivity contribution is 0.226. The number of hydrogen-bond acceptors (Lipinski definition) is 4. The third kappa shape index (κ3) is 7.74. The quantitative estimate of drug-likeness (QED) is 0.456. The number of unbranched alkanes of at least 4 members (excludes halogenated alkanes) is 1. The molecule has 0 bridgehead atoms. The van der Waals surface area contributed by atoms with Crippen LogP contribution in [0.25, 0.3) is 0 Å². The van der Waals surface area contributed by atoms with Crippen molar-refractivity contribution in [3.63, 3.8) is 0 Å². The van der Waals surface area contributed by atoms with Crippen molar-refractivity contribution >= 4 is 8.25 Å². The summed E-state index contributed by atoms with van der Waals surface area (Å²) < 4.78 is 20.4. The van der Waals surface area contributed by atoms with Crippen LogP contribution in [0.4, 0.5) is 0 Å². The fourth-order valence-electron chi connectivity index (χ4n) is 0.522. The van der Waals surface area contributed by atoms with Crippen LogP contribution in [-0.2, 0) is 13.6 Å². The van der Waals surface area contributed by atoms with Crippen LogP contribution in [0, 0.1) is 11.3 Å². The fraction of sp³-hybridized carbons (Fsp3) is 0.857. The van der Waals surface area contributed by atoms with Gasteiger partial charge < -0.3 is 9.05 Å². The molecule has 0 aliphatic carbocycles. The Labute approximate surface area is 73.4 Å². The van der Waals surface area contributed by atoms with E-state index in [1.54, 1.807) is 0 Å². The maximum Gasteiger partial charge on any atom is 0.319 e. The van der Waals surface area contributed by atoms with Crippen LogP contribution in [0.2, 0.25) is 0 Å². The first-order valence-corrected chi connectivity index (χ1v) is 5.20. The average Bonchev–Trinajstić information content (AvgIpc) is 2.06. The van der Waals surface area contributed by atoms with E-state index in [9.17, 15) is 4.57 Å². The van der Waals surface area contributed by atoms with Gasteiger partial charge in [-0.3, -0.25) is 4.57 Å². The van der Waals surface area contributed by atoms with Crippen LogP contribution in [0.3, 0.4) is 0 Å². The summed E-state index contributed by atoms with van der Waals surface area (Å²) in [6.07, 6.45) is 2.15. The zero-order chi connectivity index (χ0) is 9.23. The van der Waals surface area contributed by atoms with Gasteiger partial charge in [0.15, 0.2) is 0 Å². The molecule has 0 spiro atoms. The van der Waals surface area contributed by atoms with E-state index in [1.807, 2.05) is 13.0 Å². The van der Waals surface area contributed by atoms with E-state index in [4.69, 9.17) is 14.3 Å². The van der Waals surface area contributed by atoms with Crippen molar-refractivity contribution < 1.29 is 13.6 Å². The lowest BCUT2D eigenvalue weighted by Gasteiger charge is -2.02. The molecular weight excluding hydrogens is 177 g/mol. The Kier molecular flexibility index (Phi) is 8.47. The molecular formula is C7H14NO3P. The van der Waals surface area contributed by atoms with E-state index in [0.717, 1.165) is 12.8 Å². The predicted octanol–water partition coefficient (Wildman–Crippen LogP) is 2.12. The van der Waals surface area contributed by atoms with Gasteiger partial charge in [-0.1, -0.05) is 13.3 Å². The number of nitriles is 1. The van der Waals surface area contributed by atoms with Gasteiger partial charge in [-0.2, -0.15) is 5.26 Å². The van der Waals surface area contributed by atoms with Gasteiger partial charge in [-0.15, -0.1) is 0 Å². The predicted molar refractivity (Wildman–Crippen MR) is 46.0 cm³/mol. The first-order valence-electron chi connectivity index (χ1n) is 3.97. The molecule has 0 aliphatic heterocycles. The van der Waals surface area contributed by atoms with Crippen molar-refractivity contribution in [3.05, 3.63) is 0 Å². The molecule has 0 rings (SSSR count). The zero-order valence-corrected chi connectivity index (χ0v) is 8.21. The minimum atomic E-state index is -2.34. The summed E-state index contributed by atoms with van der Waals surface area (Å²) in [5, 5.41) is 8.13. The third-order valence-electron chi connectivity index (χ3n) is 1.15. The molecule has 0 aromatic carbocycles. The Morgan fingerprint density at radius 2 is 2.08 bits per heavy atom. The van der Waals surface area contributed by atoms with Gasteiger partial charge in [-0.25, -0.2) is 0 Å². The van der Waals surface area contributed by atoms with Crippen molar-refractivity contribution in [2.24, 2.45) is 0 Å². The first-order chi connectivity index (χ1) is 5.81. The van der Waals surface area contributed by atoms with Gasteiger partial charge in [0.2, 0.25) is 0 Å². The van der Waals surface area contributed by atoms with Crippen molar-refractivity contribution in [3.8, 4) is 6.07 Å². The molecule has 0 saturated heterocycles. The molecule has 70 valence electrons. The van der Waals surface area contributed by atoms with E-state index in [-0.39, 0.29) is 13.0 Å². The monoisotopic (exact) mass is 191 g/mol. The fourth-order valence-corrected chi connectivity index (χ4v) is 1.18. The SMILES string of the molecule is CCCCO[PH](=O)OCCC#N. The second kappa shape index (κ2) is 8.73. The standard InChI is InChI=1S/C7H14NO3P/c1-2-3-6-10-12(9)11-7-4-5-8/h12H,2-4,6-7H2,1H3. The normalized spacial score (nSPS) is 12.3. The topological polar surface area (TPSA) is 59.3 Å². The largest absolute Gasteiger partial charge is 0.319 e. The Morgan fingerprint density at radius 1 is 1.42 bits per heavy atom. The minimum Gasteiger partial charge on any atom is -0.311 e. The Balaban J connectivity index is 3.17. The molecule has 0 aromatic heterocycles. The molecule has 0 radical (unpaired) electrons. The Bertz CT molecular complexity index is 167. The second-order valence-corrected chi connectivity index (χ2v) is 3.29. The molecule has 4 nitrogen and oxygen atoms in total. The maximum atomic E-state index is 10.8. The van der Waals surface area contributed by atoms with Crippen molar-refractivity contribution in [1.29, 1.82) is 5.26 Å². The third-order valence-corrected chi connectivity index (χ3v) is 2.03. The van der Waals surface area contributed by atoms with E-state index < -0.39 is 8.25 Å². The summed E-state index contributed by atoms with van der Waals surface area (Å²) in [5.74, 6) is 0. The summed E-state index contributed by atoms with van der Waals surface area (Å²) in [4.78, 5) is 0. The Hall–Kier alpha value is -0.360. The Morgan fingerprint density at radius 3 is 2.67 bits per heavy atom. The van der Waals surface area contributed by atoms with E-state index >= 15 is 0 Å². The lowest BCUT2D eigenvalue weighted by atomic mass is 10.4. The molecule has 0 aromatic rings. The highest BCUT2D eigenvalue weighted by molar-refractivity contribution is 7.33. The van der Waals surface area contributed by atoms with Gasteiger partial charge in [0.1, 0.15) is 0 Å². The average molecular weight is 191 g/mol. The van der Waals surface area contributed by atoms with Gasteiger partial charge in [0.25, 0.3) is 0 Å². The van der Waals surface area contributed by atoms with Crippen molar-refractivity contribution in [1.82, 2.24) is 0 Å². The molecule has 12 heavy (non-hydrogen) atoms. The van der Waals surface area contributed by atoms with Crippen LogP contribution < -0.4 is 0 Å². The summed E-state index contributed by atoms with van der Waals surface area (Å²) in [7, 11) is -2.34. The van der Waals surface area contributed by atoms with Gasteiger partial charge >= 0.3 is 8.25 Å². The molecule has 0 aliphatic rings. The van der Waals surface area contributed by atoms with Crippen LogP contribution in [0.15, 0.2) is 0 Å². The maximum absolute atomic E-state index is 10.8. The highest BCUT2D eigenvalue weighted by atomic mass is 31.1. The molecule has 0 amide bonds. The highest BCUT2D eigenvalue weighted by Crippen LogP contribution is 2.23. The van der Waals surface area contributed by atoms with Gasteiger partial charge in [0.05, 0.1) is 25.7 Å². The van der Waals surface area contributed by atoms with Crippen molar-refractivity contribution in [2.45, 2.75) is 26.2 Å². The van der Waals surface area contributed by atoms with Crippen LogP contribution in [0.1, 0.15) is 26.2 Å². The van der Waals surface area contributed by atoms with Crippen LogP contribution in [0.5, 0.6) is 0 Å². The highest BCUT2D eigenvalue weighted by Gasteiger charge is 1.97. The van der Waals surface area contributed by atoms with Gasteiger partial charge in [-0.05, 0) is 6.42 Å². The zero-order valence-electron chi connectivity index (χ0n) is 7.21. The molecule has 0 N–H and O–H groups in total. The molecule has 1 atom stereocenters. The van der Waals surface area contributed by atoms with Crippen LogP contribution >= 0.6 is 8.25 Å². The number of nitrogens with zero attached hydrogens (tertiary/aromatic N) is 1. The first kappa shape index (κ1) is 11.6. The molecule has 5 heteroatoms. The molecule has 0 saturated carbocycles. The molecule has 1 unspecified atom stereocenters. The van der Waals surface area contributed by atoms with E-state index in [1.165, 1.54) is 0 Å². The summed E-state index contributed by atoms with van der Waals surface area (Å²) in [6, 6.07) is 1.89. The molecule has 0 fully saturated rings. The van der Waals surface area contributed by atoms with E-state index in [0.29, 0.717) is 6.61 Å². The number of rotatable bonds is 7. The lowest BCUT2D eigenvalue weighted by Crippen LogP contribution is -1.89. The number of hydrogen-bond donors (Lipinski definition) is 0. The molecule has 0 heterocycles. The second-order valence-electron chi connectivity index (χ2n) is 2.21. The van der Waals surface area contributed by atoms with Gasteiger partial charge in [0, 0.05) is 0 Å². The smallest absolute Gasteiger partial charge is 0.311 e.